The standard InChI is InChI=1S/C29H23F3O5/c1-18(2)27(33)36-16-15-35-23-10-5-20(6-11-23)22-9-14-25(26(17-22)29(30,31)32)21-7-12-24(13-8-21)37-28(34)19(3)4/h5-17H,1,3H2,2,4H3/b16-15-. The minimum absolute atomic E-state index is 0.0107. The molecule has 0 spiro atoms. The lowest BCUT2D eigenvalue weighted by Crippen LogP contribution is -2.08. The molecule has 0 saturated carbocycles. The molecule has 0 heterocycles. The van der Waals surface area contributed by atoms with Crippen LogP contribution in [0, 0.1) is 0 Å². The molecule has 0 unspecified atom stereocenters. The SMILES string of the molecule is C=C(C)C(=O)O/C=C\Oc1ccc(-c2ccc(-c3ccc(OC(=O)C(=C)C)cc3)c(C(F)(F)F)c2)cc1. The van der Waals surface area contributed by atoms with Gasteiger partial charge in [0.05, 0.1) is 5.56 Å². The molecular weight excluding hydrogens is 485 g/mol. The van der Waals surface area contributed by atoms with Crippen molar-refractivity contribution in [1.82, 2.24) is 0 Å². The van der Waals surface area contributed by atoms with Crippen LogP contribution in [-0.2, 0) is 20.5 Å². The quantitative estimate of drug-likeness (QED) is 0.137. The highest BCUT2D eigenvalue weighted by molar-refractivity contribution is 5.89. The van der Waals surface area contributed by atoms with Crippen molar-refractivity contribution in [1.29, 1.82) is 0 Å². The van der Waals surface area contributed by atoms with Crippen molar-refractivity contribution in [2.45, 2.75) is 20.0 Å². The van der Waals surface area contributed by atoms with Gasteiger partial charge in [0, 0.05) is 11.1 Å². The van der Waals surface area contributed by atoms with Crippen molar-refractivity contribution in [2.75, 3.05) is 0 Å². The number of alkyl halides is 3. The van der Waals surface area contributed by atoms with Gasteiger partial charge in [0.15, 0.2) is 0 Å². The maximum absolute atomic E-state index is 14.0. The fourth-order valence-electron chi connectivity index (χ4n) is 3.13. The van der Waals surface area contributed by atoms with Gasteiger partial charge in [-0.2, -0.15) is 13.2 Å². The molecule has 37 heavy (non-hydrogen) atoms. The molecule has 0 radical (unpaired) electrons. The topological polar surface area (TPSA) is 61.8 Å². The second-order valence-electron chi connectivity index (χ2n) is 8.05. The third-order valence-electron chi connectivity index (χ3n) is 5.02. The first-order chi connectivity index (χ1) is 17.5. The summed E-state index contributed by atoms with van der Waals surface area (Å²) >= 11 is 0. The smallest absolute Gasteiger partial charge is 0.417 e. The third kappa shape index (κ3) is 7.20. The van der Waals surface area contributed by atoms with Crippen LogP contribution in [0.1, 0.15) is 19.4 Å². The molecule has 190 valence electrons. The van der Waals surface area contributed by atoms with Gasteiger partial charge in [0.1, 0.15) is 24.0 Å². The Morgan fingerprint density at radius 3 is 1.84 bits per heavy atom. The minimum Gasteiger partial charge on any atom is -0.462 e. The van der Waals surface area contributed by atoms with Crippen LogP contribution in [0.5, 0.6) is 11.5 Å². The fourth-order valence-corrected chi connectivity index (χ4v) is 3.13. The first-order valence-corrected chi connectivity index (χ1v) is 10.9. The van der Waals surface area contributed by atoms with E-state index in [9.17, 15) is 22.8 Å². The molecule has 0 amide bonds. The predicted octanol–water partition coefficient (Wildman–Crippen LogP) is 7.49. The van der Waals surface area contributed by atoms with Crippen molar-refractivity contribution < 1.29 is 37.0 Å². The molecule has 3 aromatic rings. The summed E-state index contributed by atoms with van der Waals surface area (Å²) in [5.41, 5.74) is 0.850. The molecule has 0 bridgehead atoms. The van der Waals surface area contributed by atoms with E-state index in [1.54, 1.807) is 30.3 Å². The second-order valence-corrected chi connectivity index (χ2v) is 8.05. The number of hydrogen-bond acceptors (Lipinski definition) is 5. The van der Waals surface area contributed by atoms with Gasteiger partial charge in [0.25, 0.3) is 0 Å². The number of rotatable bonds is 8. The number of esters is 2. The van der Waals surface area contributed by atoms with Crippen LogP contribution in [0.2, 0.25) is 0 Å². The average molecular weight is 508 g/mol. The molecule has 0 atom stereocenters. The number of carbonyl (C=O) groups excluding carboxylic acids is 2. The van der Waals surface area contributed by atoms with Gasteiger partial charge in [-0.1, -0.05) is 49.6 Å². The Hall–Kier alpha value is -4.59. The number of carbonyl (C=O) groups is 2. The lowest BCUT2D eigenvalue weighted by Gasteiger charge is -2.15. The highest BCUT2D eigenvalue weighted by Gasteiger charge is 2.34. The van der Waals surface area contributed by atoms with E-state index in [4.69, 9.17) is 14.2 Å². The Labute approximate surface area is 212 Å². The van der Waals surface area contributed by atoms with Gasteiger partial charge < -0.3 is 14.2 Å². The van der Waals surface area contributed by atoms with Crippen molar-refractivity contribution >= 4 is 11.9 Å². The fraction of sp³-hybridized carbons (Fsp3) is 0.103. The van der Waals surface area contributed by atoms with E-state index in [0.717, 1.165) is 18.6 Å². The van der Waals surface area contributed by atoms with Gasteiger partial charge in [-0.3, -0.25) is 0 Å². The molecule has 0 aliphatic carbocycles. The van der Waals surface area contributed by atoms with Crippen molar-refractivity contribution in [2.24, 2.45) is 0 Å². The van der Waals surface area contributed by atoms with E-state index in [2.05, 4.69) is 13.2 Å². The highest BCUT2D eigenvalue weighted by Crippen LogP contribution is 2.40. The minimum atomic E-state index is -4.61. The molecule has 0 fully saturated rings. The van der Waals surface area contributed by atoms with Crippen LogP contribution >= 0.6 is 0 Å². The Morgan fingerprint density at radius 2 is 1.27 bits per heavy atom. The first-order valence-electron chi connectivity index (χ1n) is 10.9. The van der Waals surface area contributed by atoms with Crippen LogP contribution in [0.15, 0.2) is 104 Å². The monoisotopic (exact) mass is 508 g/mol. The molecule has 3 aromatic carbocycles. The first kappa shape index (κ1) is 27.0. The molecule has 0 N–H and O–H groups in total. The lowest BCUT2D eigenvalue weighted by atomic mass is 9.94. The maximum Gasteiger partial charge on any atom is 0.417 e. The molecule has 0 aliphatic heterocycles. The molecule has 0 aliphatic rings. The summed E-state index contributed by atoms with van der Waals surface area (Å²) in [4.78, 5) is 23.0. The van der Waals surface area contributed by atoms with Crippen LogP contribution in [0.3, 0.4) is 0 Å². The molecule has 3 rings (SSSR count). The average Bonchev–Trinajstić information content (AvgIpc) is 2.86. The largest absolute Gasteiger partial charge is 0.462 e. The van der Waals surface area contributed by atoms with Gasteiger partial charge in [-0.15, -0.1) is 0 Å². The summed E-state index contributed by atoms with van der Waals surface area (Å²) in [6, 6.07) is 16.2. The van der Waals surface area contributed by atoms with E-state index < -0.39 is 23.7 Å². The van der Waals surface area contributed by atoms with E-state index in [1.165, 1.54) is 44.2 Å². The normalized spacial score (nSPS) is 11.2. The zero-order valence-electron chi connectivity index (χ0n) is 20.1. The van der Waals surface area contributed by atoms with Crippen molar-refractivity contribution in [3.63, 3.8) is 0 Å². The van der Waals surface area contributed by atoms with Gasteiger partial charge >= 0.3 is 18.1 Å². The van der Waals surface area contributed by atoms with Crippen molar-refractivity contribution in [3.8, 4) is 33.8 Å². The van der Waals surface area contributed by atoms with E-state index in [-0.39, 0.29) is 22.5 Å². The van der Waals surface area contributed by atoms with Gasteiger partial charge in [-0.25, -0.2) is 9.59 Å². The zero-order valence-corrected chi connectivity index (χ0v) is 20.1. The highest BCUT2D eigenvalue weighted by atomic mass is 19.4. The number of halogens is 3. The number of hydrogen-bond donors (Lipinski definition) is 0. The Bertz CT molecular complexity index is 1350. The number of benzene rings is 3. The third-order valence-corrected chi connectivity index (χ3v) is 5.02. The van der Waals surface area contributed by atoms with Gasteiger partial charge in [-0.05, 0) is 66.4 Å². The molecule has 5 nitrogen and oxygen atoms in total. The zero-order chi connectivity index (χ0) is 27.2. The predicted molar refractivity (Wildman–Crippen MR) is 133 cm³/mol. The summed E-state index contributed by atoms with van der Waals surface area (Å²) in [6.07, 6.45) is -2.38. The summed E-state index contributed by atoms with van der Waals surface area (Å²) in [5.74, 6) is -0.618. The Kier molecular flexibility index (Phi) is 8.34. The van der Waals surface area contributed by atoms with Crippen LogP contribution in [0.25, 0.3) is 22.3 Å². The summed E-state index contributed by atoms with van der Waals surface area (Å²) in [5, 5.41) is 0. The molecule has 8 heteroatoms. The summed E-state index contributed by atoms with van der Waals surface area (Å²) < 4.78 is 57.1. The maximum atomic E-state index is 14.0. The molecular formula is C29H23F3O5. The number of ether oxygens (including phenoxy) is 3. The molecule has 0 aromatic heterocycles. The van der Waals surface area contributed by atoms with Crippen LogP contribution < -0.4 is 9.47 Å². The van der Waals surface area contributed by atoms with E-state index in [0.29, 0.717) is 22.4 Å². The summed E-state index contributed by atoms with van der Waals surface area (Å²) in [6.45, 7) is 9.95. The molecule has 0 saturated heterocycles. The Balaban J connectivity index is 1.81. The lowest BCUT2D eigenvalue weighted by molar-refractivity contribution is -0.137. The van der Waals surface area contributed by atoms with Crippen LogP contribution in [0.4, 0.5) is 13.2 Å². The summed E-state index contributed by atoms with van der Waals surface area (Å²) in [7, 11) is 0. The Morgan fingerprint density at radius 1 is 0.730 bits per heavy atom. The van der Waals surface area contributed by atoms with Crippen molar-refractivity contribution in [3.05, 3.63) is 109 Å². The van der Waals surface area contributed by atoms with E-state index in [1.807, 2.05) is 0 Å². The second kappa shape index (κ2) is 11.4. The van der Waals surface area contributed by atoms with E-state index >= 15 is 0 Å². The van der Waals surface area contributed by atoms with Crippen LogP contribution in [-0.4, -0.2) is 11.9 Å². The van der Waals surface area contributed by atoms with Gasteiger partial charge in [0.2, 0.25) is 0 Å².